The molecule has 0 fully saturated rings. The summed E-state index contributed by atoms with van der Waals surface area (Å²) in [5.74, 6) is -0.716. The molecule has 0 aliphatic rings. The second kappa shape index (κ2) is 9.76. The summed E-state index contributed by atoms with van der Waals surface area (Å²) in [5, 5.41) is 19.5. The first-order valence-electron chi connectivity index (χ1n) is 6.49. The molecule has 0 aliphatic carbocycles. The van der Waals surface area contributed by atoms with Crippen LogP contribution in [0.3, 0.4) is 0 Å². The number of amides is 2. The van der Waals surface area contributed by atoms with E-state index in [4.69, 9.17) is 16.3 Å². The van der Waals surface area contributed by atoms with Crippen molar-refractivity contribution in [3.63, 3.8) is 0 Å². The fourth-order valence-electron chi connectivity index (χ4n) is 1.43. The molecule has 7 nitrogen and oxygen atoms in total. The molecule has 0 saturated heterocycles. The lowest BCUT2D eigenvalue weighted by molar-refractivity contribution is -0.133. The lowest BCUT2D eigenvalue weighted by Gasteiger charge is -2.21. The molecule has 0 aromatic heterocycles. The first kappa shape index (κ1) is 17.9. The van der Waals surface area contributed by atoms with E-state index in [9.17, 15) is 9.59 Å². The Balaban J connectivity index is 4.35. The second-order valence-corrected chi connectivity index (χ2v) is 4.68. The van der Waals surface area contributed by atoms with Crippen LogP contribution in [0.15, 0.2) is 0 Å². The monoisotopic (exact) mass is 279 g/mol. The molecule has 0 aromatic rings. The van der Waals surface area contributed by atoms with Crippen molar-refractivity contribution in [1.82, 2.24) is 10.2 Å². The molecule has 0 aromatic carbocycles. The van der Waals surface area contributed by atoms with Crippen LogP contribution in [0.5, 0.6) is 0 Å². The Morgan fingerprint density at radius 1 is 1.20 bits per heavy atom. The molecule has 0 unspecified atom stereocenters. The number of hydrogen-bond acceptors (Lipinski definition) is 5. The van der Waals surface area contributed by atoms with Crippen LogP contribution in [0.4, 0.5) is 0 Å². The fourth-order valence-corrected chi connectivity index (χ4v) is 1.43. The summed E-state index contributed by atoms with van der Waals surface area (Å²) in [6, 6.07) is 3.23. The smallest absolute Gasteiger partial charge is 0.242 e. The van der Waals surface area contributed by atoms with Crippen LogP contribution in [0.25, 0.3) is 0 Å². The summed E-state index contributed by atoms with van der Waals surface area (Å²) in [6.45, 7) is 3.97. The molecule has 1 atom stereocenters. The van der Waals surface area contributed by atoms with Crippen molar-refractivity contribution in [3.05, 3.63) is 0 Å². The Morgan fingerprint density at radius 2 is 1.70 bits per heavy atom. The number of nitrogens with zero attached hydrogens (tertiary/aromatic N) is 3. The van der Waals surface area contributed by atoms with Crippen molar-refractivity contribution in [2.24, 2.45) is 11.7 Å². The topological polar surface area (TPSA) is 123 Å². The van der Waals surface area contributed by atoms with Gasteiger partial charge in [0.15, 0.2) is 0 Å². The molecule has 0 bridgehead atoms. The predicted octanol–water partition coefficient (Wildman–Crippen LogP) is -0.258. The first-order chi connectivity index (χ1) is 9.43. The van der Waals surface area contributed by atoms with E-state index < -0.39 is 6.04 Å². The Kier molecular flexibility index (Phi) is 8.73. The SMILES string of the molecule is CC(C)[C@H](N)C(=O)NCC(=O)N(CCC#N)CCC#N. The Hall–Kier alpha value is -2.12. The van der Waals surface area contributed by atoms with Crippen molar-refractivity contribution >= 4 is 11.8 Å². The second-order valence-electron chi connectivity index (χ2n) is 4.68. The van der Waals surface area contributed by atoms with Gasteiger partial charge in [0.25, 0.3) is 0 Å². The van der Waals surface area contributed by atoms with E-state index in [0.717, 1.165) is 0 Å². The van der Waals surface area contributed by atoms with E-state index in [2.05, 4.69) is 5.32 Å². The van der Waals surface area contributed by atoms with E-state index in [1.807, 2.05) is 26.0 Å². The third-order valence-corrected chi connectivity index (χ3v) is 2.77. The molecule has 0 spiro atoms. The average molecular weight is 279 g/mol. The molecule has 0 aliphatic heterocycles. The van der Waals surface area contributed by atoms with Gasteiger partial charge in [0.1, 0.15) is 0 Å². The maximum Gasteiger partial charge on any atom is 0.242 e. The molecule has 7 heteroatoms. The minimum atomic E-state index is -0.658. The van der Waals surface area contributed by atoms with Crippen molar-refractivity contribution in [3.8, 4) is 12.1 Å². The molecule has 0 rings (SSSR count). The van der Waals surface area contributed by atoms with E-state index in [-0.39, 0.29) is 50.2 Å². The highest BCUT2D eigenvalue weighted by atomic mass is 16.2. The summed E-state index contributed by atoms with van der Waals surface area (Å²) in [6.07, 6.45) is 0.382. The van der Waals surface area contributed by atoms with Gasteiger partial charge in [-0.15, -0.1) is 0 Å². The van der Waals surface area contributed by atoms with Gasteiger partial charge in [-0.25, -0.2) is 0 Å². The zero-order valence-corrected chi connectivity index (χ0v) is 11.9. The molecule has 0 saturated carbocycles. The summed E-state index contributed by atoms with van der Waals surface area (Å²) < 4.78 is 0. The molecule has 0 radical (unpaired) electrons. The number of nitriles is 2. The van der Waals surface area contributed by atoms with Gasteiger partial charge in [0.05, 0.1) is 37.6 Å². The minimum Gasteiger partial charge on any atom is -0.346 e. The van der Waals surface area contributed by atoms with Crippen LogP contribution in [-0.2, 0) is 9.59 Å². The number of hydrogen-bond donors (Lipinski definition) is 2. The Labute approximate surface area is 119 Å². The third kappa shape index (κ3) is 6.72. The number of nitrogens with two attached hydrogens (primary N) is 1. The number of rotatable bonds is 8. The summed E-state index contributed by atoms with van der Waals surface area (Å²) in [4.78, 5) is 24.9. The van der Waals surface area contributed by atoms with Gasteiger partial charge in [0.2, 0.25) is 11.8 Å². The highest BCUT2D eigenvalue weighted by Gasteiger charge is 2.19. The maximum absolute atomic E-state index is 11.9. The van der Waals surface area contributed by atoms with Crippen LogP contribution in [0.1, 0.15) is 26.7 Å². The molecule has 2 amide bonds. The summed E-state index contributed by atoms with van der Waals surface area (Å²) in [5.41, 5.74) is 5.66. The van der Waals surface area contributed by atoms with Crippen molar-refractivity contribution in [2.45, 2.75) is 32.7 Å². The number of nitrogens with one attached hydrogen (secondary N) is 1. The zero-order valence-electron chi connectivity index (χ0n) is 11.9. The third-order valence-electron chi connectivity index (χ3n) is 2.77. The quantitative estimate of drug-likeness (QED) is 0.633. The van der Waals surface area contributed by atoms with E-state index in [1.165, 1.54) is 4.90 Å². The molecular formula is C13H21N5O2. The summed E-state index contributed by atoms with van der Waals surface area (Å²) >= 11 is 0. The van der Waals surface area contributed by atoms with Gasteiger partial charge >= 0.3 is 0 Å². The van der Waals surface area contributed by atoms with E-state index >= 15 is 0 Å². The highest BCUT2D eigenvalue weighted by molar-refractivity contribution is 5.87. The van der Waals surface area contributed by atoms with E-state index in [1.54, 1.807) is 0 Å². The molecule has 0 heterocycles. The molecular weight excluding hydrogens is 258 g/mol. The number of carbonyl (C=O) groups excluding carboxylic acids is 2. The van der Waals surface area contributed by atoms with Crippen LogP contribution in [0, 0.1) is 28.6 Å². The molecule has 3 N–H and O–H groups in total. The average Bonchev–Trinajstić information content (AvgIpc) is 2.43. The Morgan fingerprint density at radius 3 is 2.10 bits per heavy atom. The standard InChI is InChI=1S/C13H21N5O2/c1-10(2)12(16)13(20)17-9-11(19)18(7-3-5-14)8-4-6-15/h10,12H,3-4,7-9,16H2,1-2H3,(H,17,20)/t12-/m0/s1. The van der Waals surface area contributed by atoms with Crippen LogP contribution < -0.4 is 11.1 Å². The van der Waals surface area contributed by atoms with Gasteiger partial charge in [-0.3, -0.25) is 9.59 Å². The lowest BCUT2D eigenvalue weighted by atomic mass is 10.1. The Bertz CT molecular complexity index is 390. The normalized spacial score (nSPS) is 11.3. The molecule has 110 valence electrons. The first-order valence-corrected chi connectivity index (χ1v) is 6.49. The van der Waals surface area contributed by atoms with Gasteiger partial charge in [-0.05, 0) is 5.92 Å². The zero-order chi connectivity index (χ0) is 15.5. The predicted molar refractivity (Wildman–Crippen MR) is 72.9 cm³/mol. The number of carbonyl (C=O) groups is 2. The van der Waals surface area contributed by atoms with E-state index in [0.29, 0.717) is 0 Å². The van der Waals surface area contributed by atoms with Gasteiger partial charge in [0, 0.05) is 13.1 Å². The van der Waals surface area contributed by atoms with Crippen molar-refractivity contribution < 1.29 is 9.59 Å². The molecule has 20 heavy (non-hydrogen) atoms. The van der Waals surface area contributed by atoms with Crippen molar-refractivity contribution in [2.75, 3.05) is 19.6 Å². The van der Waals surface area contributed by atoms with Gasteiger partial charge in [-0.2, -0.15) is 10.5 Å². The maximum atomic E-state index is 11.9. The van der Waals surface area contributed by atoms with Crippen LogP contribution in [0.2, 0.25) is 0 Å². The van der Waals surface area contributed by atoms with Crippen molar-refractivity contribution in [1.29, 1.82) is 10.5 Å². The largest absolute Gasteiger partial charge is 0.346 e. The van der Waals surface area contributed by atoms with Gasteiger partial charge in [-0.1, -0.05) is 13.8 Å². The minimum absolute atomic E-state index is 0.0154. The fraction of sp³-hybridized carbons (Fsp3) is 0.692. The van der Waals surface area contributed by atoms with Crippen LogP contribution in [-0.4, -0.2) is 42.4 Å². The highest BCUT2D eigenvalue weighted by Crippen LogP contribution is 1.98. The van der Waals surface area contributed by atoms with Crippen LogP contribution >= 0.6 is 0 Å². The lowest BCUT2D eigenvalue weighted by Crippen LogP contribution is -2.48. The summed E-state index contributed by atoms with van der Waals surface area (Å²) in [7, 11) is 0. The van der Waals surface area contributed by atoms with Gasteiger partial charge < -0.3 is 16.0 Å².